The fraction of sp³-hybridized carbons (Fsp3) is 0.368. The fourth-order valence-electron chi connectivity index (χ4n) is 3.18. The summed E-state index contributed by atoms with van der Waals surface area (Å²) in [5.41, 5.74) is 0.832. The Balaban J connectivity index is 1.73. The Morgan fingerprint density at radius 1 is 1.20 bits per heavy atom. The number of carbonyl (C=O) groups excluding carboxylic acids is 2. The first-order chi connectivity index (χ1) is 12.2. The molecule has 6 heteroatoms. The molecule has 1 aromatic carbocycles. The number of rotatable bonds is 5. The van der Waals surface area contributed by atoms with Crippen molar-refractivity contribution in [2.45, 2.75) is 31.3 Å². The predicted octanol–water partition coefficient (Wildman–Crippen LogP) is 2.12. The summed E-state index contributed by atoms with van der Waals surface area (Å²) in [6.45, 7) is 0.321. The van der Waals surface area contributed by atoms with E-state index < -0.39 is 12.1 Å². The van der Waals surface area contributed by atoms with Gasteiger partial charge < -0.3 is 19.7 Å². The maximum absolute atomic E-state index is 12.8. The van der Waals surface area contributed by atoms with Crippen molar-refractivity contribution in [2.75, 3.05) is 13.2 Å². The predicted molar refractivity (Wildman–Crippen MR) is 91.8 cm³/mol. The molecule has 1 fully saturated rings. The highest BCUT2D eigenvalue weighted by Crippen LogP contribution is 2.21. The van der Waals surface area contributed by atoms with Crippen LogP contribution in [0.3, 0.4) is 0 Å². The minimum Gasteiger partial charge on any atom is -0.459 e. The molecule has 1 unspecified atom stereocenters. The second-order valence-electron chi connectivity index (χ2n) is 6.14. The van der Waals surface area contributed by atoms with Gasteiger partial charge in [0, 0.05) is 6.54 Å². The molecule has 2 atom stereocenters. The Labute approximate surface area is 146 Å². The molecule has 6 nitrogen and oxygen atoms in total. The lowest BCUT2D eigenvalue weighted by Crippen LogP contribution is -2.52. The zero-order valence-electron chi connectivity index (χ0n) is 13.9. The number of aliphatic hydroxyl groups is 1. The van der Waals surface area contributed by atoms with Crippen LogP contribution in [-0.4, -0.2) is 41.0 Å². The summed E-state index contributed by atoms with van der Waals surface area (Å²) in [5, 5.41) is 12.5. The van der Waals surface area contributed by atoms with E-state index in [1.165, 1.54) is 6.26 Å². The van der Waals surface area contributed by atoms with Crippen LogP contribution in [0, 0.1) is 0 Å². The quantitative estimate of drug-likeness (QED) is 0.872. The first kappa shape index (κ1) is 17.2. The van der Waals surface area contributed by atoms with E-state index in [9.17, 15) is 14.7 Å². The summed E-state index contributed by atoms with van der Waals surface area (Å²) in [7, 11) is 0. The number of furan rings is 1. The molecule has 2 amide bonds. The van der Waals surface area contributed by atoms with Crippen molar-refractivity contribution in [2.24, 2.45) is 0 Å². The van der Waals surface area contributed by atoms with Gasteiger partial charge in [0.25, 0.3) is 5.91 Å². The number of nitrogens with zero attached hydrogens (tertiary/aromatic N) is 1. The monoisotopic (exact) mass is 342 g/mol. The van der Waals surface area contributed by atoms with Gasteiger partial charge in [0.2, 0.25) is 5.91 Å². The van der Waals surface area contributed by atoms with Gasteiger partial charge in [-0.3, -0.25) is 9.59 Å². The van der Waals surface area contributed by atoms with Crippen LogP contribution in [0.15, 0.2) is 53.1 Å². The van der Waals surface area contributed by atoms with Crippen molar-refractivity contribution in [3.05, 3.63) is 60.1 Å². The summed E-state index contributed by atoms with van der Waals surface area (Å²) < 4.78 is 5.19. The summed E-state index contributed by atoms with van der Waals surface area (Å²) in [4.78, 5) is 26.9. The van der Waals surface area contributed by atoms with Crippen LogP contribution >= 0.6 is 0 Å². The molecule has 2 heterocycles. The van der Waals surface area contributed by atoms with Crippen molar-refractivity contribution < 1.29 is 19.1 Å². The van der Waals surface area contributed by atoms with Crippen LogP contribution < -0.4 is 5.32 Å². The SMILES string of the molecule is O=C(N[C@H](CO)c1ccccc1)C1CCCCN1C(=O)c1ccco1. The highest BCUT2D eigenvalue weighted by atomic mass is 16.3. The maximum atomic E-state index is 12.8. The molecule has 0 radical (unpaired) electrons. The van der Waals surface area contributed by atoms with E-state index >= 15 is 0 Å². The van der Waals surface area contributed by atoms with Gasteiger partial charge in [-0.25, -0.2) is 0 Å². The molecule has 1 aromatic heterocycles. The third-order valence-corrected chi connectivity index (χ3v) is 4.50. The lowest BCUT2D eigenvalue weighted by Gasteiger charge is -2.35. The Morgan fingerprint density at radius 3 is 2.68 bits per heavy atom. The molecule has 132 valence electrons. The number of likely N-dealkylation sites (tertiary alicyclic amines) is 1. The highest BCUT2D eigenvalue weighted by Gasteiger charge is 2.34. The van der Waals surface area contributed by atoms with E-state index in [-0.39, 0.29) is 24.2 Å². The average Bonchev–Trinajstić information content (AvgIpc) is 3.21. The minimum atomic E-state index is -0.552. The number of hydrogen-bond acceptors (Lipinski definition) is 4. The molecule has 1 aliphatic heterocycles. The van der Waals surface area contributed by atoms with Crippen molar-refractivity contribution in [3.63, 3.8) is 0 Å². The third-order valence-electron chi connectivity index (χ3n) is 4.50. The average molecular weight is 342 g/mol. The molecule has 0 saturated carbocycles. The molecule has 0 bridgehead atoms. The Bertz CT molecular complexity index is 699. The maximum Gasteiger partial charge on any atom is 0.290 e. The van der Waals surface area contributed by atoms with Crippen LogP contribution in [0.25, 0.3) is 0 Å². The van der Waals surface area contributed by atoms with Crippen LogP contribution in [-0.2, 0) is 4.79 Å². The number of amides is 2. The Kier molecular flexibility index (Phi) is 5.50. The number of nitrogens with one attached hydrogen (secondary N) is 1. The molecule has 2 aromatic rings. The number of benzene rings is 1. The smallest absolute Gasteiger partial charge is 0.290 e. The van der Waals surface area contributed by atoms with Crippen LogP contribution in [0.4, 0.5) is 0 Å². The molecule has 3 rings (SSSR count). The van der Waals surface area contributed by atoms with Crippen molar-refractivity contribution in [1.82, 2.24) is 10.2 Å². The lowest BCUT2D eigenvalue weighted by atomic mass is 9.99. The first-order valence-corrected chi connectivity index (χ1v) is 8.51. The van der Waals surface area contributed by atoms with Crippen LogP contribution in [0.5, 0.6) is 0 Å². The van der Waals surface area contributed by atoms with E-state index in [0.717, 1.165) is 18.4 Å². The summed E-state index contributed by atoms with van der Waals surface area (Å²) in [5.74, 6) is -0.283. The normalized spacial score (nSPS) is 18.6. The van der Waals surface area contributed by atoms with E-state index in [2.05, 4.69) is 5.32 Å². The molecular formula is C19H22N2O4. The largest absolute Gasteiger partial charge is 0.459 e. The van der Waals surface area contributed by atoms with Crippen molar-refractivity contribution in [1.29, 1.82) is 0 Å². The first-order valence-electron chi connectivity index (χ1n) is 8.51. The van der Waals surface area contributed by atoms with Gasteiger partial charge in [-0.05, 0) is 37.0 Å². The van der Waals surface area contributed by atoms with E-state index in [4.69, 9.17) is 4.42 Å². The standard InChI is InChI=1S/C19H22N2O4/c22-13-15(14-7-2-1-3-8-14)20-18(23)16-9-4-5-11-21(16)19(24)17-10-6-12-25-17/h1-3,6-8,10,12,15-16,22H,4-5,9,11,13H2,(H,20,23)/t15-,16?/m1/s1. The molecule has 0 spiro atoms. The van der Waals surface area contributed by atoms with Gasteiger partial charge in [0.15, 0.2) is 5.76 Å². The Hall–Kier alpha value is -2.60. The molecular weight excluding hydrogens is 320 g/mol. The zero-order chi connectivity index (χ0) is 17.6. The van der Waals surface area contributed by atoms with Gasteiger partial charge in [0.05, 0.1) is 18.9 Å². The van der Waals surface area contributed by atoms with Crippen LogP contribution in [0.1, 0.15) is 41.4 Å². The van der Waals surface area contributed by atoms with Gasteiger partial charge in [-0.15, -0.1) is 0 Å². The highest BCUT2D eigenvalue weighted by molar-refractivity contribution is 5.95. The zero-order valence-corrected chi connectivity index (χ0v) is 13.9. The molecule has 0 aliphatic carbocycles. The fourth-order valence-corrected chi connectivity index (χ4v) is 3.18. The summed E-state index contributed by atoms with van der Waals surface area (Å²) in [6, 6.07) is 11.5. The van der Waals surface area contributed by atoms with Gasteiger partial charge >= 0.3 is 0 Å². The summed E-state index contributed by atoms with van der Waals surface area (Å²) in [6.07, 6.45) is 3.79. The van der Waals surface area contributed by atoms with Gasteiger partial charge in [-0.2, -0.15) is 0 Å². The van der Waals surface area contributed by atoms with E-state index in [1.54, 1.807) is 17.0 Å². The van der Waals surface area contributed by atoms with E-state index in [1.807, 2.05) is 30.3 Å². The molecule has 1 saturated heterocycles. The Morgan fingerprint density at radius 2 is 2.00 bits per heavy atom. The number of carbonyl (C=O) groups is 2. The number of hydrogen-bond donors (Lipinski definition) is 2. The van der Waals surface area contributed by atoms with E-state index in [0.29, 0.717) is 13.0 Å². The third kappa shape index (κ3) is 3.91. The summed E-state index contributed by atoms with van der Waals surface area (Å²) >= 11 is 0. The second kappa shape index (κ2) is 7.98. The molecule has 25 heavy (non-hydrogen) atoms. The molecule has 2 N–H and O–H groups in total. The lowest BCUT2D eigenvalue weighted by molar-refractivity contribution is -0.127. The van der Waals surface area contributed by atoms with Crippen LogP contribution in [0.2, 0.25) is 0 Å². The topological polar surface area (TPSA) is 82.8 Å². The number of piperidine rings is 1. The van der Waals surface area contributed by atoms with Crippen molar-refractivity contribution in [3.8, 4) is 0 Å². The number of aliphatic hydroxyl groups excluding tert-OH is 1. The van der Waals surface area contributed by atoms with Gasteiger partial charge in [0.1, 0.15) is 6.04 Å². The molecule has 1 aliphatic rings. The van der Waals surface area contributed by atoms with Crippen molar-refractivity contribution >= 4 is 11.8 Å². The van der Waals surface area contributed by atoms with Gasteiger partial charge in [-0.1, -0.05) is 30.3 Å². The second-order valence-corrected chi connectivity index (χ2v) is 6.14. The minimum absolute atomic E-state index is 0.200.